The zero-order chi connectivity index (χ0) is 17.5. The number of ether oxygens (including phenoxy) is 2. The summed E-state index contributed by atoms with van der Waals surface area (Å²) < 4.78 is 10.4. The van der Waals surface area contributed by atoms with E-state index in [1.165, 1.54) is 4.90 Å². The highest BCUT2D eigenvalue weighted by Gasteiger charge is 2.25. The highest BCUT2D eigenvalue weighted by atomic mass is 16.5. The molecule has 1 aromatic rings. The van der Waals surface area contributed by atoms with Crippen molar-refractivity contribution < 1.29 is 24.0 Å². The number of quaternary nitrogens is 1. The molecule has 1 aromatic carbocycles. The van der Waals surface area contributed by atoms with Crippen LogP contribution in [-0.2, 0) is 9.59 Å². The third-order valence-corrected chi connectivity index (χ3v) is 4.44. The van der Waals surface area contributed by atoms with E-state index in [0.717, 1.165) is 32.5 Å². The van der Waals surface area contributed by atoms with Gasteiger partial charge in [0.05, 0.1) is 40.3 Å². The Labute approximate surface area is 142 Å². The van der Waals surface area contributed by atoms with Crippen LogP contribution in [0.2, 0.25) is 0 Å². The van der Waals surface area contributed by atoms with E-state index >= 15 is 0 Å². The fraction of sp³-hybridized carbons (Fsp3) is 0.529. The number of likely N-dealkylation sites (tertiary alicyclic amines) is 1. The number of hydrogen-bond acceptors (Lipinski definition) is 4. The lowest BCUT2D eigenvalue weighted by Gasteiger charge is -2.27. The van der Waals surface area contributed by atoms with E-state index in [-0.39, 0.29) is 17.7 Å². The number of carbonyl (C=O) groups excluding carboxylic acids is 2. The Kier molecular flexibility index (Phi) is 6.43. The van der Waals surface area contributed by atoms with Gasteiger partial charge in [-0.1, -0.05) is 0 Å². The predicted octanol–water partition coefficient (Wildman–Crippen LogP) is -0.187. The number of amides is 2. The number of rotatable bonds is 7. The van der Waals surface area contributed by atoms with E-state index in [1.807, 2.05) is 0 Å². The summed E-state index contributed by atoms with van der Waals surface area (Å²) in [6.07, 6.45) is 2.04. The summed E-state index contributed by atoms with van der Waals surface area (Å²) in [5.74, 6) is 0.994. The summed E-state index contributed by atoms with van der Waals surface area (Å²) in [6.45, 7) is 2.51. The largest absolute Gasteiger partial charge is 0.497 e. The van der Waals surface area contributed by atoms with Gasteiger partial charge < -0.3 is 25.4 Å². The van der Waals surface area contributed by atoms with E-state index in [0.29, 0.717) is 23.6 Å². The first kappa shape index (κ1) is 18.1. The fourth-order valence-corrected chi connectivity index (χ4v) is 2.95. The van der Waals surface area contributed by atoms with Crippen LogP contribution >= 0.6 is 0 Å². The van der Waals surface area contributed by atoms with Gasteiger partial charge in [0, 0.05) is 42.6 Å². The molecular weight excluding hydrogens is 310 g/mol. The smallest absolute Gasteiger partial charge is 0.230 e. The number of methoxy groups -OCH3 is 2. The summed E-state index contributed by atoms with van der Waals surface area (Å²) in [7, 11) is 3.14. The molecule has 132 valence electrons. The number of primary amides is 1. The van der Waals surface area contributed by atoms with Gasteiger partial charge in [0.1, 0.15) is 11.5 Å². The van der Waals surface area contributed by atoms with Crippen molar-refractivity contribution in [3.63, 3.8) is 0 Å². The fourth-order valence-electron chi connectivity index (χ4n) is 2.95. The third-order valence-electron chi connectivity index (χ3n) is 4.44. The van der Waals surface area contributed by atoms with Gasteiger partial charge >= 0.3 is 0 Å². The molecule has 1 heterocycles. The number of piperidine rings is 1. The number of benzene rings is 1. The maximum Gasteiger partial charge on any atom is 0.230 e. The van der Waals surface area contributed by atoms with Crippen LogP contribution in [0.5, 0.6) is 11.5 Å². The molecule has 0 aliphatic carbocycles. The van der Waals surface area contributed by atoms with Crippen molar-refractivity contribution in [2.24, 2.45) is 11.7 Å². The Morgan fingerprint density at radius 1 is 1.17 bits per heavy atom. The molecule has 2 rings (SSSR count). The first-order chi connectivity index (χ1) is 11.5. The van der Waals surface area contributed by atoms with Crippen LogP contribution in [0.3, 0.4) is 0 Å². The molecule has 1 aliphatic rings. The molecule has 0 unspecified atom stereocenters. The lowest BCUT2D eigenvalue weighted by atomic mass is 9.96. The van der Waals surface area contributed by atoms with Gasteiger partial charge in [-0.15, -0.1) is 0 Å². The second-order valence-electron chi connectivity index (χ2n) is 6.08. The first-order valence-corrected chi connectivity index (χ1v) is 8.17. The van der Waals surface area contributed by atoms with Crippen LogP contribution < -0.4 is 25.4 Å². The van der Waals surface area contributed by atoms with Gasteiger partial charge in [0.15, 0.2) is 0 Å². The van der Waals surface area contributed by atoms with E-state index in [9.17, 15) is 9.59 Å². The maximum absolute atomic E-state index is 12.1. The molecule has 0 spiro atoms. The first-order valence-electron chi connectivity index (χ1n) is 8.17. The zero-order valence-corrected chi connectivity index (χ0v) is 14.3. The molecule has 1 aliphatic heterocycles. The molecule has 24 heavy (non-hydrogen) atoms. The van der Waals surface area contributed by atoms with Crippen molar-refractivity contribution in [3.05, 3.63) is 18.2 Å². The highest BCUT2D eigenvalue weighted by molar-refractivity contribution is 5.91. The van der Waals surface area contributed by atoms with E-state index < -0.39 is 0 Å². The molecular formula is C17H26N3O4+. The number of carbonyl (C=O) groups is 2. The maximum atomic E-state index is 12.1. The molecule has 4 N–H and O–H groups in total. The van der Waals surface area contributed by atoms with Crippen LogP contribution in [0.15, 0.2) is 18.2 Å². The Hall–Kier alpha value is -2.28. The molecule has 7 nitrogen and oxygen atoms in total. The molecule has 0 atom stereocenters. The summed E-state index contributed by atoms with van der Waals surface area (Å²) in [6, 6.07) is 5.26. The Balaban J connectivity index is 1.80. The van der Waals surface area contributed by atoms with E-state index in [4.69, 9.17) is 15.2 Å². The molecule has 0 bridgehead atoms. The van der Waals surface area contributed by atoms with Crippen LogP contribution in [0.1, 0.15) is 19.3 Å². The minimum absolute atomic E-state index is 0.00757. The van der Waals surface area contributed by atoms with Gasteiger partial charge in [-0.25, -0.2) is 0 Å². The molecule has 1 saturated heterocycles. The molecule has 2 amide bonds. The number of hydrogen-bond donors (Lipinski definition) is 3. The van der Waals surface area contributed by atoms with E-state index in [1.54, 1.807) is 32.4 Å². The van der Waals surface area contributed by atoms with Crippen LogP contribution in [-0.4, -0.2) is 45.7 Å². The molecule has 0 saturated carbocycles. The summed E-state index contributed by atoms with van der Waals surface area (Å²) in [5.41, 5.74) is 5.99. The average molecular weight is 336 g/mol. The molecule has 7 heteroatoms. The monoisotopic (exact) mass is 336 g/mol. The van der Waals surface area contributed by atoms with Gasteiger partial charge in [-0.3, -0.25) is 9.59 Å². The Morgan fingerprint density at radius 3 is 2.25 bits per heavy atom. The van der Waals surface area contributed by atoms with Gasteiger partial charge in [-0.05, 0) is 0 Å². The SMILES string of the molecule is COc1cc(NC(=O)CC[NH+]2CCC(C(N)=O)CC2)cc(OC)c1. The Bertz CT molecular complexity index is 561. The predicted molar refractivity (Wildman–Crippen MR) is 90.3 cm³/mol. The average Bonchev–Trinajstić information content (AvgIpc) is 2.59. The lowest BCUT2D eigenvalue weighted by Crippen LogP contribution is -3.13. The van der Waals surface area contributed by atoms with E-state index in [2.05, 4.69) is 5.32 Å². The summed E-state index contributed by atoms with van der Waals surface area (Å²) in [5, 5.41) is 2.87. The minimum atomic E-state index is -0.209. The highest BCUT2D eigenvalue weighted by Crippen LogP contribution is 2.25. The van der Waals surface area contributed by atoms with Crippen molar-refractivity contribution in [2.45, 2.75) is 19.3 Å². The number of nitrogens with one attached hydrogen (secondary N) is 2. The van der Waals surface area contributed by atoms with Crippen molar-refractivity contribution in [2.75, 3.05) is 39.2 Å². The standard InChI is InChI=1S/C17H25N3O4/c1-23-14-9-13(10-15(11-14)24-2)19-16(21)5-8-20-6-3-12(4-7-20)17(18)22/h9-12H,3-8H2,1-2H3,(H2,18,22)(H,19,21)/p+1. The molecule has 0 radical (unpaired) electrons. The Morgan fingerprint density at radius 2 is 1.75 bits per heavy atom. The quantitative estimate of drug-likeness (QED) is 0.643. The van der Waals surface area contributed by atoms with Gasteiger partial charge in [-0.2, -0.15) is 0 Å². The minimum Gasteiger partial charge on any atom is -0.497 e. The molecule has 1 fully saturated rings. The number of nitrogens with two attached hydrogens (primary N) is 1. The van der Waals surface area contributed by atoms with Crippen molar-refractivity contribution in [3.8, 4) is 11.5 Å². The molecule has 0 aromatic heterocycles. The van der Waals surface area contributed by atoms with Gasteiger partial charge in [0.25, 0.3) is 0 Å². The topological polar surface area (TPSA) is 95.1 Å². The zero-order valence-electron chi connectivity index (χ0n) is 14.3. The van der Waals surface area contributed by atoms with Crippen molar-refractivity contribution in [1.82, 2.24) is 0 Å². The lowest BCUT2D eigenvalue weighted by molar-refractivity contribution is -0.905. The normalized spacial score (nSPS) is 20.2. The summed E-state index contributed by atoms with van der Waals surface area (Å²) >= 11 is 0. The van der Waals surface area contributed by atoms with Crippen LogP contribution in [0.25, 0.3) is 0 Å². The summed E-state index contributed by atoms with van der Waals surface area (Å²) in [4.78, 5) is 24.6. The van der Waals surface area contributed by atoms with Gasteiger partial charge in [0.2, 0.25) is 11.8 Å². The van der Waals surface area contributed by atoms with Crippen molar-refractivity contribution in [1.29, 1.82) is 0 Å². The van der Waals surface area contributed by atoms with Crippen LogP contribution in [0.4, 0.5) is 5.69 Å². The third kappa shape index (κ3) is 5.13. The van der Waals surface area contributed by atoms with Crippen LogP contribution in [0, 0.1) is 5.92 Å². The van der Waals surface area contributed by atoms with Crippen molar-refractivity contribution >= 4 is 17.5 Å². The number of anilines is 1. The second-order valence-corrected chi connectivity index (χ2v) is 6.08. The second kappa shape index (κ2) is 8.54.